The zero-order valence-corrected chi connectivity index (χ0v) is 11.6. The average Bonchev–Trinajstić information content (AvgIpc) is 2.41. The van der Waals surface area contributed by atoms with Crippen LogP contribution in [0.5, 0.6) is 0 Å². The van der Waals surface area contributed by atoms with E-state index in [4.69, 9.17) is 15.7 Å². The van der Waals surface area contributed by atoms with Gasteiger partial charge in [0.1, 0.15) is 0 Å². The molecule has 1 heterocycles. The molecule has 1 aliphatic heterocycles. The van der Waals surface area contributed by atoms with Crippen LogP contribution in [0.25, 0.3) is 0 Å². The lowest BCUT2D eigenvalue weighted by atomic mass is 10.0. The Bertz CT molecular complexity index is 479. The highest BCUT2D eigenvalue weighted by Gasteiger charge is 2.23. The van der Waals surface area contributed by atoms with Crippen LogP contribution in [-0.2, 0) is 11.3 Å². The molecule has 0 aliphatic carbocycles. The Labute approximate surface area is 114 Å². The second-order valence-corrected chi connectivity index (χ2v) is 5.26. The number of rotatable bonds is 3. The Kier molecular flexibility index (Phi) is 4.54. The van der Waals surface area contributed by atoms with Crippen LogP contribution in [0, 0.1) is 18.3 Å². The van der Waals surface area contributed by atoms with Crippen molar-refractivity contribution in [2.45, 2.75) is 32.5 Å². The first-order valence-electron chi connectivity index (χ1n) is 6.69. The van der Waals surface area contributed by atoms with Crippen molar-refractivity contribution >= 4 is 0 Å². The Balaban J connectivity index is 2.03. The minimum absolute atomic E-state index is 0.0601. The minimum atomic E-state index is 0.0601. The molecule has 0 saturated carbocycles. The summed E-state index contributed by atoms with van der Waals surface area (Å²) in [5.74, 6) is 0. The van der Waals surface area contributed by atoms with E-state index in [1.165, 1.54) is 11.1 Å². The third-order valence-corrected chi connectivity index (χ3v) is 3.63. The summed E-state index contributed by atoms with van der Waals surface area (Å²) in [6, 6.07) is 8.10. The number of morpholine rings is 1. The van der Waals surface area contributed by atoms with Crippen LogP contribution in [-0.4, -0.2) is 36.7 Å². The predicted octanol–water partition coefficient (Wildman–Crippen LogP) is 1.41. The van der Waals surface area contributed by atoms with E-state index in [9.17, 15) is 0 Å². The number of nitrogens with zero attached hydrogens (tertiary/aromatic N) is 2. The molecule has 2 N–H and O–H groups in total. The summed E-state index contributed by atoms with van der Waals surface area (Å²) in [4.78, 5) is 2.37. The van der Waals surface area contributed by atoms with E-state index in [2.05, 4.69) is 17.9 Å². The molecule has 1 aromatic rings. The summed E-state index contributed by atoms with van der Waals surface area (Å²) in [5, 5.41) is 8.88. The zero-order valence-electron chi connectivity index (χ0n) is 11.6. The van der Waals surface area contributed by atoms with Gasteiger partial charge < -0.3 is 10.5 Å². The first kappa shape index (κ1) is 14.0. The topological polar surface area (TPSA) is 62.3 Å². The van der Waals surface area contributed by atoms with Gasteiger partial charge in [0, 0.05) is 25.7 Å². The predicted molar refractivity (Wildman–Crippen MR) is 74.6 cm³/mol. The summed E-state index contributed by atoms with van der Waals surface area (Å²) in [5.41, 5.74) is 9.06. The fourth-order valence-corrected chi connectivity index (χ4v) is 2.38. The third-order valence-electron chi connectivity index (χ3n) is 3.63. The van der Waals surface area contributed by atoms with Crippen LogP contribution in [0.4, 0.5) is 0 Å². The van der Waals surface area contributed by atoms with Gasteiger partial charge in [0.25, 0.3) is 0 Å². The number of nitriles is 1. The van der Waals surface area contributed by atoms with Gasteiger partial charge in [-0.05, 0) is 37.1 Å². The molecule has 0 spiro atoms. The molecular formula is C15H21N3O. The molecule has 1 aliphatic rings. The first-order chi connectivity index (χ1) is 9.10. The SMILES string of the molecule is Cc1cc(C#N)ccc1CN1CCOC(C(C)N)C1. The Morgan fingerprint density at radius 3 is 3.00 bits per heavy atom. The molecule has 0 bridgehead atoms. The van der Waals surface area contributed by atoms with Crippen molar-refractivity contribution in [2.75, 3.05) is 19.7 Å². The van der Waals surface area contributed by atoms with E-state index in [0.29, 0.717) is 0 Å². The van der Waals surface area contributed by atoms with Crippen LogP contribution in [0.15, 0.2) is 18.2 Å². The van der Waals surface area contributed by atoms with Crippen molar-refractivity contribution < 1.29 is 4.74 Å². The van der Waals surface area contributed by atoms with E-state index in [1.807, 2.05) is 25.1 Å². The number of ether oxygens (including phenoxy) is 1. The molecular weight excluding hydrogens is 238 g/mol. The molecule has 0 amide bonds. The standard InChI is InChI=1S/C15H21N3O/c1-11-7-13(8-16)3-4-14(11)9-18-5-6-19-15(10-18)12(2)17/h3-4,7,12,15H,5-6,9-10,17H2,1-2H3. The van der Waals surface area contributed by atoms with Gasteiger partial charge in [-0.15, -0.1) is 0 Å². The average molecular weight is 259 g/mol. The second kappa shape index (κ2) is 6.16. The van der Waals surface area contributed by atoms with Crippen LogP contribution in [0.2, 0.25) is 0 Å². The van der Waals surface area contributed by atoms with E-state index in [1.54, 1.807) is 0 Å². The zero-order chi connectivity index (χ0) is 13.8. The molecule has 19 heavy (non-hydrogen) atoms. The van der Waals surface area contributed by atoms with Crippen LogP contribution in [0.3, 0.4) is 0 Å². The molecule has 2 unspecified atom stereocenters. The van der Waals surface area contributed by atoms with Crippen LogP contribution < -0.4 is 5.73 Å². The Hall–Kier alpha value is -1.41. The van der Waals surface area contributed by atoms with Crippen molar-refractivity contribution in [3.8, 4) is 6.07 Å². The number of benzene rings is 1. The minimum Gasteiger partial charge on any atom is -0.374 e. The highest BCUT2D eigenvalue weighted by molar-refractivity contribution is 5.37. The lowest BCUT2D eigenvalue weighted by Crippen LogP contribution is -2.49. The van der Waals surface area contributed by atoms with Gasteiger partial charge in [-0.1, -0.05) is 6.07 Å². The van der Waals surface area contributed by atoms with Gasteiger partial charge in [-0.3, -0.25) is 4.90 Å². The van der Waals surface area contributed by atoms with Gasteiger partial charge in [-0.25, -0.2) is 0 Å². The molecule has 1 aromatic carbocycles. The van der Waals surface area contributed by atoms with E-state index in [-0.39, 0.29) is 12.1 Å². The molecule has 4 nitrogen and oxygen atoms in total. The molecule has 4 heteroatoms. The van der Waals surface area contributed by atoms with Gasteiger partial charge in [0.05, 0.1) is 24.3 Å². The summed E-state index contributed by atoms with van der Waals surface area (Å²) in [7, 11) is 0. The number of hydrogen-bond acceptors (Lipinski definition) is 4. The highest BCUT2D eigenvalue weighted by atomic mass is 16.5. The maximum absolute atomic E-state index is 8.88. The normalized spacial score (nSPS) is 21.9. The maximum Gasteiger partial charge on any atom is 0.0991 e. The first-order valence-corrected chi connectivity index (χ1v) is 6.69. The van der Waals surface area contributed by atoms with Crippen molar-refractivity contribution in [3.63, 3.8) is 0 Å². The summed E-state index contributed by atoms with van der Waals surface area (Å²) in [6.07, 6.45) is 0.118. The molecule has 0 aromatic heterocycles. The molecule has 102 valence electrons. The van der Waals surface area contributed by atoms with Gasteiger partial charge in [0.2, 0.25) is 0 Å². The third kappa shape index (κ3) is 3.54. The fraction of sp³-hybridized carbons (Fsp3) is 0.533. The number of nitrogens with two attached hydrogens (primary N) is 1. The largest absolute Gasteiger partial charge is 0.374 e. The molecule has 1 saturated heterocycles. The Morgan fingerprint density at radius 2 is 2.37 bits per heavy atom. The number of aryl methyl sites for hydroxylation is 1. The van der Waals surface area contributed by atoms with Crippen LogP contribution in [0.1, 0.15) is 23.6 Å². The monoisotopic (exact) mass is 259 g/mol. The lowest BCUT2D eigenvalue weighted by molar-refractivity contribution is -0.0404. The van der Waals surface area contributed by atoms with E-state index in [0.717, 1.165) is 31.8 Å². The molecule has 0 radical (unpaired) electrons. The van der Waals surface area contributed by atoms with Crippen molar-refractivity contribution in [3.05, 3.63) is 34.9 Å². The highest BCUT2D eigenvalue weighted by Crippen LogP contribution is 2.16. The molecule has 1 fully saturated rings. The molecule has 2 rings (SSSR count). The van der Waals surface area contributed by atoms with Crippen molar-refractivity contribution in [2.24, 2.45) is 5.73 Å². The summed E-state index contributed by atoms with van der Waals surface area (Å²) in [6.45, 7) is 7.48. The van der Waals surface area contributed by atoms with Crippen LogP contribution >= 0.6 is 0 Å². The summed E-state index contributed by atoms with van der Waals surface area (Å²) >= 11 is 0. The summed E-state index contributed by atoms with van der Waals surface area (Å²) < 4.78 is 5.66. The van der Waals surface area contributed by atoms with Gasteiger partial charge >= 0.3 is 0 Å². The lowest BCUT2D eigenvalue weighted by Gasteiger charge is -2.35. The van der Waals surface area contributed by atoms with Gasteiger partial charge in [-0.2, -0.15) is 5.26 Å². The van der Waals surface area contributed by atoms with E-state index < -0.39 is 0 Å². The fourth-order valence-electron chi connectivity index (χ4n) is 2.38. The smallest absolute Gasteiger partial charge is 0.0991 e. The quantitative estimate of drug-likeness (QED) is 0.891. The number of hydrogen-bond donors (Lipinski definition) is 1. The Morgan fingerprint density at radius 1 is 1.58 bits per heavy atom. The van der Waals surface area contributed by atoms with Gasteiger partial charge in [0.15, 0.2) is 0 Å². The van der Waals surface area contributed by atoms with Crippen molar-refractivity contribution in [1.82, 2.24) is 4.90 Å². The molecule has 2 atom stereocenters. The van der Waals surface area contributed by atoms with Crippen molar-refractivity contribution in [1.29, 1.82) is 5.26 Å². The second-order valence-electron chi connectivity index (χ2n) is 5.26. The maximum atomic E-state index is 8.88. The van der Waals surface area contributed by atoms with E-state index >= 15 is 0 Å².